The van der Waals surface area contributed by atoms with Crippen LogP contribution in [0.5, 0.6) is 0 Å². The molecule has 0 spiro atoms. The quantitative estimate of drug-likeness (QED) is 0.687. The molecule has 18 heavy (non-hydrogen) atoms. The van der Waals surface area contributed by atoms with Crippen molar-refractivity contribution in [1.29, 1.82) is 0 Å². The van der Waals surface area contributed by atoms with Gasteiger partial charge in [-0.25, -0.2) is 0 Å². The van der Waals surface area contributed by atoms with E-state index in [1.165, 1.54) is 0 Å². The van der Waals surface area contributed by atoms with Crippen molar-refractivity contribution in [3.8, 4) is 0 Å². The average Bonchev–Trinajstić information content (AvgIpc) is 2.12. The largest absolute Gasteiger partial charge is 0.480 e. The molecular formula is C15H31NO2. The summed E-state index contributed by atoms with van der Waals surface area (Å²) in [6.07, 6.45) is 2.16. The van der Waals surface area contributed by atoms with Crippen molar-refractivity contribution in [3.63, 3.8) is 0 Å². The van der Waals surface area contributed by atoms with Crippen LogP contribution < -0.4 is 0 Å². The van der Waals surface area contributed by atoms with Crippen molar-refractivity contribution in [2.24, 2.45) is 17.8 Å². The van der Waals surface area contributed by atoms with E-state index in [0.717, 1.165) is 19.4 Å². The summed E-state index contributed by atoms with van der Waals surface area (Å²) in [5.74, 6) is 1.01. The van der Waals surface area contributed by atoms with Crippen molar-refractivity contribution in [2.75, 3.05) is 13.1 Å². The monoisotopic (exact) mass is 257 g/mol. The molecule has 0 aliphatic rings. The maximum Gasteiger partial charge on any atom is 0.317 e. The standard InChI is InChI=1S/C15H31NO2/c1-11(2)7-14(8-12(3)4)16(9-13(5)6)10-15(17)18/h11-14H,7-10H2,1-6H3,(H,17,18). The lowest BCUT2D eigenvalue weighted by Crippen LogP contribution is -2.42. The first-order chi connectivity index (χ1) is 8.22. The minimum absolute atomic E-state index is 0.169. The molecule has 1 N–H and O–H groups in total. The fraction of sp³-hybridized carbons (Fsp3) is 0.933. The molecule has 3 nitrogen and oxygen atoms in total. The van der Waals surface area contributed by atoms with Crippen molar-refractivity contribution >= 4 is 5.97 Å². The summed E-state index contributed by atoms with van der Waals surface area (Å²) in [6, 6.07) is 0.392. The normalized spacial score (nSPS) is 12.4. The minimum atomic E-state index is -0.715. The highest BCUT2D eigenvalue weighted by molar-refractivity contribution is 5.69. The molecule has 0 aromatic carbocycles. The van der Waals surface area contributed by atoms with Crippen LogP contribution in [0.4, 0.5) is 0 Å². The Morgan fingerprint density at radius 2 is 1.39 bits per heavy atom. The predicted octanol–water partition coefficient (Wildman–Crippen LogP) is 3.49. The summed E-state index contributed by atoms with van der Waals surface area (Å²) in [5.41, 5.74) is 0. The first kappa shape index (κ1) is 17.4. The van der Waals surface area contributed by atoms with Crippen LogP contribution in [0, 0.1) is 17.8 Å². The first-order valence-corrected chi connectivity index (χ1v) is 7.18. The van der Waals surface area contributed by atoms with Gasteiger partial charge >= 0.3 is 5.97 Å². The maximum absolute atomic E-state index is 11.0. The highest BCUT2D eigenvalue weighted by Crippen LogP contribution is 2.20. The van der Waals surface area contributed by atoms with Gasteiger partial charge in [-0.05, 0) is 30.6 Å². The molecular weight excluding hydrogens is 226 g/mol. The maximum atomic E-state index is 11.0. The van der Waals surface area contributed by atoms with Crippen LogP contribution in [0.25, 0.3) is 0 Å². The summed E-state index contributed by atoms with van der Waals surface area (Å²) in [4.78, 5) is 13.2. The lowest BCUT2D eigenvalue weighted by molar-refractivity contribution is -0.139. The number of rotatable bonds is 9. The third kappa shape index (κ3) is 8.51. The van der Waals surface area contributed by atoms with E-state index in [9.17, 15) is 4.79 Å². The number of nitrogens with zero attached hydrogens (tertiary/aromatic N) is 1. The van der Waals surface area contributed by atoms with E-state index in [-0.39, 0.29) is 6.54 Å². The highest BCUT2D eigenvalue weighted by atomic mass is 16.4. The summed E-state index contributed by atoms with van der Waals surface area (Å²) < 4.78 is 0. The van der Waals surface area contributed by atoms with Gasteiger partial charge in [-0.2, -0.15) is 0 Å². The molecule has 0 aromatic rings. The Morgan fingerprint density at radius 3 is 1.67 bits per heavy atom. The summed E-state index contributed by atoms with van der Waals surface area (Å²) in [6.45, 7) is 14.2. The molecule has 0 aliphatic carbocycles. The fourth-order valence-corrected chi connectivity index (χ4v) is 2.47. The van der Waals surface area contributed by atoms with Crippen molar-refractivity contribution in [3.05, 3.63) is 0 Å². The average molecular weight is 257 g/mol. The smallest absolute Gasteiger partial charge is 0.317 e. The minimum Gasteiger partial charge on any atom is -0.480 e. The van der Waals surface area contributed by atoms with Crippen molar-refractivity contribution in [2.45, 2.75) is 60.4 Å². The summed E-state index contributed by atoms with van der Waals surface area (Å²) in [7, 11) is 0. The molecule has 0 heterocycles. The van der Waals surface area contributed by atoms with Crippen molar-refractivity contribution in [1.82, 2.24) is 4.90 Å². The zero-order valence-corrected chi connectivity index (χ0v) is 12.9. The molecule has 0 aromatic heterocycles. The van der Waals surface area contributed by atoms with Crippen LogP contribution in [0.1, 0.15) is 54.4 Å². The van der Waals surface area contributed by atoms with E-state index < -0.39 is 5.97 Å². The van der Waals surface area contributed by atoms with Gasteiger partial charge < -0.3 is 5.11 Å². The van der Waals surface area contributed by atoms with Crippen LogP contribution in [0.2, 0.25) is 0 Å². The van der Waals surface area contributed by atoms with Gasteiger partial charge in [0.1, 0.15) is 0 Å². The number of hydrogen-bond donors (Lipinski definition) is 1. The zero-order chi connectivity index (χ0) is 14.3. The van der Waals surface area contributed by atoms with E-state index in [2.05, 4.69) is 46.4 Å². The Morgan fingerprint density at radius 1 is 0.944 bits per heavy atom. The molecule has 0 saturated heterocycles. The fourth-order valence-electron chi connectivity index (χ4n) is 2.47. The van der Waals surface area contributed by atoms with Crippen LogP contribution >= 0.6 is 0 Å². The van der Waals surface area contributed by atoms with Gasteiger partial charge in [0.15, 0.2) is 0 Å². The van der Waals surface area contributed by atoms with E-state index in [4.69, 9.17) is 5.11 Å². The number of aliphatic carboxylic acids is 1. The van der Waals surface area contributed by atoms with E-state index in [1.54, 1.807) is 0 Å². The Kier molecular flexibility index (Phi) is 8.25. The molecule has 0 aliphatic heterocycles. The summed E-state index contributed by atoms with van der Waals surface area (Å²) in [5, 5.41) is 9.07. The summed E-state index contributed by atoms with van der Waals surface area (Å²) >= 11 is 0. The Labute approximate surface area is 113 Å². The Balaban J connectivity index is 4.74. The van der Waals surface area contributed by atoms with Gasteiger partial charge in [-0.3, -0.25) is 9.69 Å². The Hall–Kier alpha value is -0.570. The third-order valence-electron chi connectivity index (χ3n) is 2.94. The number of hydrogen-bond acceptors (Lipinski definition) is 2. The molecule has 0 bridgehead atoms. The lowest BCUT2D eigenvalue weighted by atomic mass is 9.93. The highest BCUT2D eigenvalue weighted by Gasteiger charge is 2.23. The molecule has 0 fully saturated rings. The second kappa shape index (κ2) is 8.52. The first-order valence-electron chi connectivity index (χ1n) is 7.18. The van der Waals surface area contributed by atoms with Gasteiger partial charge in [-0.15, -0.1) is 0 Å². The molecule has 108 valence electrons. The number of carbonyl (C=O) groups is 1. The molecule has 0 rings (SSSR count). The van der Waals surface area contributed by atoms with Crippen LogP contribution in [-0.2, 0) is 4.79 Å². The van der Waals surface area contributed by atoms with Gasteiger partial charge in [0.2, 0.25) is 0 Å². The molecule has 0 atom stereocenters. The molecule has 0 radical (unpaired) electrons. The Bertz CT molecular complexity index is 227. The molecule has 0 amide bonds. The van der Waals surface area contributed by atoms with E-state index in [1.807, 2.05) is 0 Å². The SMILES string of the molecule is CC(C)CC(CC(C)C)N(CC(=O)O)CC(C)C. The number of carboxylic acid groups (broad SMARTS) is 1. The van der Waals surface area contributed by atoms with Gasteiger partial charge in [0, 0.05) is 12.6 Å². The van der Waals surface area contributed by atoms with Gasteiger partial charge in [0.25, 0.3) is 0 Å². The van der Waals surface area contributed by atoms with Crippen LogP contribution in [0.15, 0.2) is 0 Å². The zero-order valence-electron chi connectivity index (χ0n) is 12.9. The van der Waals surface area contributed by atoms with Crippen molar-refractivity contribution < 1.29 is 9.90 Å². The van der Waals surface area contributed by atoms with E-state index >= 15 is 0 Å². The van der Waals surface area contributed by atoms with Crippen LogP contribution in [0.3, 0.4) is 0 Å². The molecule has 3 heteroatoms. The molecule has 0 unspecified atom stereocenters. The third-order valence-corrected chi connectivity index (χ3v) is 2.94. The molecule has 0 saturated carbocycles. The van der Waals surface area contributed by atoms with Gasteiger partial charge in [-0.1, -0.05) is 41.5 Å². The van der Waals surface area contributed by atoms with Crippen LogP contribution in [-0.4, -0.2) is 35.1 Å². The second-order valence-electron chi connectivity index (χ2n) is 6.63. The predicted molar refractivity (Wildman–Crippen MR) is 76.7 cm³/mol. The number of carboxylic acids is 1. The van der Waals surface area contributed by atoms with E-state index in [0.29, 0.717) is 23.8 Å². The second-order valence-corrected chi connectivity index (χ2v) is 6.63. The van der Waals surface area contributed by atoms with Gasteiger partial charge in [0.05, 0.1) is 6.54 Å². The lowest BCUT2D eigenvalue weighted by Gasteiger charge is -2.34. The topological polar surface area (TPSA) is 40.5 Å².